The maximum Gasteiger partial charge on any atom is 0.233 e. The van der Waals surface area contributed by atoms with Gasteiger partial charge >= 0.3 is 0 Å². The monoisotopic (exact) mass is 572 g/mol. The predicted octanol–water partition coefficient (Wildman–Crippen LogP) is 4.76. The van der Waals surface area contributed by atoms with Crippen LogP contribution in [0.3, 0.4) is 0 Å². The lowest BCUT2D eigenvalue weighted by Gasteiger charge is -2.39. The van der Waals surface area contributed by atoms with Crippen molar-refractivity contribution in [2.75, 3.05) is 44.8 Å². The van der Waals surface area contributed by atoms with E-state index in [9.17, 15) is 9.18 Å². The van der Waals surface area contributed by atoms with Gasteiger partial charge in [-0.1, -0.05) is 30.3 Å². The average molecular weight is 573 g/mol. The SMILES string of the molecule is C[C@@H](Nc1nccc(-c2[nH]c(C3OCC(C)(C(=O)N4CCOCC4)CO3)nc2-c2ccc(F)cc2)n1)c1ccccc1. The summed E-state index contributed by atoms with van der Waals surface area (Å²) in [7, 11) is 0. The quantitative estimate of drug-likeness (QED) is 0.326. The fourth-order valence-electron chi connectivity index (χ4n) is 5.13. The Bertz CT molecular complexity index is 1520. The number of ether oxygens (including phenoxy) is 3. The Kier molecular flexibility index (Phi) is 7.96. The number of amides is 1. The molecule has 2 aromatic carbocycles. The van der Waals surface area contributed by atoms with Crippen molar-refractivity contribution in [2.24, 2.45) is 5.41 Å². The van der Waals surface area contributed by atoms with E-state index >= 15 is 0 Å². The van der Waals surface area contributed by atoms with Crippen molar-refractivity contribution in [1.82, 2.24) is 24.8 Å². The van der Waals surface area contributed by atoms with Gasteiger partial charge in [-0.15, -0.1) is 0 Å². The summed E-state index contributed by atoms with van der Waals surface area (Å²) in [5, 5.41) is 3.35. The number of nitrogens with zero attached hydrogens (tertiary/aromatic N) is 4. The van der Waals surface area contributed by atoms with Gasteiger partial charge < -0.3 is 29.4 Å². The molecule has 0 bridgehead atoms. The zero-order chi connectivity index (χ0) is 29.1. The number of halogens is 1. The Morgan fingerprint density at radius 3 is 2.48 bits per heavy atom. The van der Waals surface area contributed by atoms with Gasteiger partial charge in [0.05, 0.1) is 55.0 Å². The van der Waals surface area contributed by atoms with Crippen molar-refractivity contribution >= 4 is 11.9 Å². The number of carbonyl (C=O) groups excluding carboxylic acids is 1. The fourth-order valence-corrected chi connectivity index (χ4v) is 5.13. The summed E-state index contributed by atoms with van der Waals surface area (Å²) in [6.07, 6.45) is 0.856. The van der Waals surface area contributed by atoms with Crippen molar-refractivity contribution in [3.63, 3.8) is 0 Å². The molecular formula is C31H33FN6O4. The molecule has 1 atom stereocenters. The Balaban J connectivity index is 1.26. The molecule has 2 aliphatic rings. The zero-order valence-electron chi connectivity index (χ0n) is 23.5. The van der Waals surface area contributed by atoms with Crippen LogP contribution >= 0.6 is 0 Å². The van der Waals surface area contributed by atoms with Crippen LogP contribution in [0.15, 0.2) is 66.9 Å². The predicted molar refractivity (Wildman–Crippen MR) is 154 cm³/mol. The van der Waals surface area contributed by atoms with E-state index in [0.717, 1.165) is 5.56 Å². The Morgan fingerprint density at radius 2 is 1.76 bits per heavy atom. The second-order valence-corrected chi connectivity index (χ2v) is 10.8. The maximum absolute atomic E-state index is 13.8. The average Bonchev–Trinajstić information content (AvgIpc) is 3.48. The molecule has 2 N–H and O–H groups in total. The van der Waals surface area contributed by atoms with E-state index in [1.54, 1.807) is 29.3 Å². The summed E-state index contributed by atoms with van der Waals surface area (Å²) in [5.41, 5.74) is 2.76. The third-order valence-electron chi connectivity index (χ3n) is 7.54. The Morgan fingerprint density at radius 1 is 1.05 bits per heavy atom. The molecular weight excluding hydrogens is 539 g/mol. The largest absolute Gasteiger partial charge is 0.378 e. The fraction of sp³-hybridized carbons (Fsp3) is 0.355. The number of aromatic amines is 1. The number of hydrogen-bond acceptors (Lipinski definition) is 8. The molecule has 0 spiro atoms. The zero-order valence-corrected chi connectivity index (χ0v) is 23.5. The van der Waals surface area contributed by atoms with E-state index in [1.165, 1.54) is 12.1 Å². The van der Waals surface area contributed by atoms with E-state index in [4.69, 9.17) is 24.2 Å². The van der Waals surface area contributed by atoms with Crippen LogP contribution in [0.25, 0.3) is 22.6 Å². The van der Waals surface area contributed by atoms with Crippen LogP contribution < -0.4 is 5.32 Å². The maximum atomic E-state index is 13.8. The summed E-state index contributed by atoms with van der Waals surface area (Å²) >= 11 is 0. The number of imidazole rings is 1. The van der Waals surface area contributed by atoms with Crippen molar-refractivity contribution in [1.29, 1.82) is 0 Å². The first-order chi connectivity index (χ1) is 20.4. The van der Waals surface area contributed by atoms with Crippen molar-refractivity contribution < 1.29 is 23.4 Å². The van der Waals surface area contributed by atoms with Crippen LogP contribution in [0.2, 0.25) is 0 Å². The first kappa shape index (κ1) is 28.0. The molecule has 11 heteroatoms. The number of hydrogen-bond donors (Lipinski definition) is 2. The van der Waals surface area contributed by atoms with Gasteiger partial charge in [-0.2, -0.15) is 0 Å². The molecule has 6 rings (SSSR count). The third kappa shape index (κ3) is 5.89. The van der Waals surface area contributed by atoms with Crippen molar-refractivity contribution in [3.05, 3.63) is 84.1 Å². The van der Waals surface area contributed by atoms with E-state index in [2.05, 4.69) is 15.3 Å². The highest BCUT2D eigenvalue weighted by Gasteiger charge is 2.43. The number of carbonyl (C=O) groups is 1. The van der Waals surface area contributed by atoms with E-state index in [1.807, 2.05) is 44.2 Å². The summed E-state index contributed by atoms with van der Waals surface area (Å²) in [4.78, 5) is 32.3. The number of nitrogens with one attached hydrogen (secondary N) is 2. The molecule has 4 aromatic rings. The van der Waals surface area contributed by atoms with Gasteiger partial charge in [-0.25, -0.2) is 19.3 Å². The second kappa shape index (κ2) is 12.0. The van der Waals surface area contributed by atoms with Crippen LogP contribution in [0.5, 0.6) is 0 Å². The number of aromatic nitrogens is 4. The minimum Gasteiger partial charge on any atom is -0.378 e. The van der Waals surface area contributed by atoms with E-state index in [0.29, 0.717) is 60.7 Å². The molecule has 2 aromatic heterocycles. The lowest BCUT2D eigenvalue weighted by Crippen LogP contribution is -2.53. The topological polar surface area (TPSA) is 114 Å². The van der Waals surface area contributed by atoms with Crippen LogP contribution in [0.1, 0.15) is 37.6 Å². The molecule has 2 saturated heterocycles. The number of H-pyrrole nitrogens is 1. The molecule has 10 nitrogen and oxygen atoms in total. The summed E-state index contributed by atoms with van der Waals surface area (Å²) in [6.45, 7) is 6.41. The number of rotatable bonds is 7. The minimum atomic E-state index is -0.818. The number of benzene rings is 2. The van der Waals surface area contributed by atoms with Crippen LogP contribution in [0.4, 0.5) is 10.3 Å². The standard InChI is InChI=1S/C31H33FN6O4/c1-20(21-6-4-3-5-7-21)34-30-33-13-12-24(35-30)26-25(22-8-10-23(32)11-9-22)36-27(37-26)28-41-18-31(2,19-42-28)29(39)38-14-16-40-17-15-38/h3-13,20,28H,14-19H2,1-2H3,(H,36,37)(H,33,34,35)/t20-,28?,31?/m1/s1. The van der Waals surface area contributed by atoms with Gasteiger partial charge in [-0.3, -0.25) is 4.79 Å². The molecule has 4 heterocycles. The highest BCUT2D eigenvalue weighted by Crippen LogP contribution is 2.36. The van der Waals surface area contributed by atoms with Gasteiger partial charge in [0.15, 0.2) is 5.82 Å². The van der Waals surface area contributed by atoms with Gasteiger partial charge in [-0.05, 0) is 49.7 Å². The van der Waals surface area contributed by atoms with Gasteiger partial charge in [0.25, 0.3) is 0 Å². The van der Waals surface area contributed by atoms with Gasteiger partial charge in [0.1, 0.15) is 5.82 Å². The minimum absolute atomic E-state index is 0.0119. The second-order valence-electron chi connectivity index (χ2n) is 10.8. The summed E-state index contributed by atoms with van der Waals surface area (Å²) in [5.74, 6) is 0.522. The molecule has 2 fully saturated rings. The molecule has 0 radical (unpaired) electrons. The Labute approximate surface area is 243 Å². The molecule has 2 aliphatic heterocycles. The molecule has 1 amide bonds. The van der Waals surface area contributed by atoms with Crippen LogP contribution in [-0.2, 0) is 19.0 Å². The number of anilines is 1. The molecule has 42 heavy (non-hydrogen) atoms. The van der Waals surface area contributed by atoms with Crippen molar-refractivity contribution in [3.8, 4) is 22.6 Å². The van der Waals surface area contributed by atoms with Gasteiger partial charge in [0.2, 0.25) is 18.1 Å². The first-order valence-corrected chi connectivity index (χ1v) is 14.0. The molecule has 0 unspecified atom stereocenters. The summed E-state index contributed by atoms with van der Waals surface area (Å²) < 4.78 is 31.3. The Hall–Kier alpha value is -4.19. The highest BCUT2D eigenvalue weighted by atomic mass is 19.1. The third-order valence-corrected chi connectivity index (χ3v) is 7.54. The lowest BCUT2D eigenvalue weighted by atomic mass is 9.90. The molecule has 218 valence electrons. The summed E-state index contributed by atoms with van der Waals surface area (Å²) in [6, 6.07) is 17.9. The normalized spacial score (nSPS) is 21.6. The number of morpholine rings is 1. The lowest BCUT2D eigenvalue weighted by molar-refractivity contribution is -0.235. The van der Waals surface area contributed by atoms with Crippen LogP contribution in [-0.4, -0.2) is 70.3 Å². The van der Waals surface area contributed by atoms with Crippen molar-refractivity contribution in [2.45, 2.75) is 26.2 Å². The smallest absolute Gasteiger partial charge is 0.233 e. The van der Waals surface area contributed by atoms with E-state index < -0.39 is 11.7 Å². The molecule has 0 saturated carbocycles. The molecule has 0 aliphatic carbocycles. The van der Waals surface area contributed by atoms with E-state index in [-0.39, 0.29) is 31.0 Å². The first-order valence-electron chi connectivity index (χ1n) is 14.0. The van der Waals surface area contributed by atoms with Gasteiger partial charge in [0, 0.05) is 24.8 Å². The van der Waals surface area contributed by atoms with Crippen LogP contribution in [0, 0.1) is 11.2 Å². The highest BCUT2D eigenvalue weighted by molar-refractivity contribution is 5.83.